The zero-order chi connectivity index (χ0) is 15.9. The summed E-state index contributed by atoms with van der Waals surface area (Å²) in [4.78, 5) is 0.262. The van der Waals surface area contributed by atoms with Crippen LogP contribution in [0.5, 0.6) is 0 Å². The molecule has 1 atom stereocenters. The van der Waals surface area contributed by atoms with E-state index in [1.807, 2.05) is 19.1 Å². The van der Waals surface area contributed by atoms with Crippen LogP contribution in [0.15, 0.2) is 60.0 Å². The molecular weight excluding hydrogens is 318 g/mol. The summed E-state index contributed by atoms with van der Waals surface area (Å²) in [6, 6.07) is 12.0. The number of fused-ring (bicyclic) bond motifs is 1. The summed E-state index contributed by atoms with van der Waals surface area (Å²) < 4.78 is 27.5. The Balaban J connectivity index is 2.17. The molecule has 3 nitrogen and oxygen atoms in total. The van der Waals surface area contributed by atoms with Gasteiger partial charge in [0.15, 0.2) is 0 Å². The zero-order valence-corrected chi connectivity index (χ0v) is 13.7. The van der Waals surface area contributed by atoms with Gasteiger partial charge in [0.25, 0.3) is 10.0 Å². The van der Waals surface area contributed by atoms with Crippen molar-refractivity contribution >= 4 is 27.3 Å². The molecule has 2 aromatic rings. The summed E-state index contributed by atoms with van der Waals surface area (Å²) in [5.74, 6) is 0. The van der Waals surface area contributed by atoms with Gasteiger partial charge in [-0.25, -0.2) is 8.42 Å². The first-order chi connectivity index (χ1) is 10.4. The lowest BCUT2D eigenvalue weighted by molar-refractivity contribution is 0.588. The van der Waals surface area contributed by atoms with Crippen LogP contribution >= 0.6 is 11.6 Å². The SMILES string of the molecule is C=CC1Cc2cccc(Cl)c2N1S(=O)(=O)c1ccc(C)cc1. The van der Waals surface area contributed by atoms with E-state index >= 15 is 0 Å². The quantitative estimate of drug-likeness (QED) is 0.797. The molecule has 3 rings (SSSR count). The van der Waals surface area contributed by atoms with Crippen LogP contribution in [-0.4, -0.2) is 14.5 Å². The van der Waals surface area contributed by atoms with Gasteiger partial charge in [0.05, 0.1) is 21.6 Å². The number of hydrogen-bond donors (Lipinski definition) is 0. The molecule has 2 aromatic carbocycles. The molecule has 0 aliphatic carbocycles. The Labute approximate surface area is 135 Å². The second-order valence-electron chi connectivity index (χ2n) is 5.37. The molecule has 0 saturated carbocycles. The van der Waals surface area contributed by atoms with Gasteiger partial charge < -0.3 is 0 Å². The Morgan fingerprint density at radius 1 is 1.23 bits per heavy atom. The molecule has 1 unspecified atom stereocenters. The molecule has 1 aliphatic heterocycles. The number of para-hydroxylation sites is 1. The maximum Gasteiger partial charge on any atom is 0.264 e. The largest absolute Gasteiger partial charge is 0.264 e. The van der Waals surface area contributed by atoms with E-state index in [-0.39, 0.29) is 10.9 Å². The van der Waals surface area contributed by atoms with E-state index < -0.39 is 10.0 Å². The van der Waals surface area contributed by atoms with Crippen molar-refractivity contribution in [1.29, 1.82) is 0 Å². The predicted octanol–water partition coefficient (Wildman–Crippen LogP) is 3.95. The van der Waals surface area contributed by atoms with E-state index in [0.717, 1.165) is 11.1 Å². The summed E-state index contributed by atoms with van der Waals surface area (Å²) in [5.41, 5.74) is 2.50. The van der Waals surface area contributed by atoms with Crippen molar-refractivity contribution in [2.45, 2.75) is 24.3 Å². The Morgan fingerprint density at radius 3 is 2.55 bits per heavy atom. The van der Waals surface area contributed by atoms with Crippen LogP contribution in [0.4, 0.5) is 5.69 Å². The molecule has 0 amide bonds. The standard InChI is InChI=1S/C17H16ClNO2S/c1-3-14-11-13-5-4-6-16(18)17(13)19(14)22(20,21)15-9-7-12(2)8-10-15/h3-10,14H,1,11H2,2H3. The highest BCUT2D eigenvalue weighted by atomic mass is 35.5. The van der Waals surface area contributed by atoms with Gasteiger partial charge in [0.1, 0.15) is 0 Å². The van der Waals surface area contributed by atoms with Gasteiger partial charge in [-0.3, -0.25) is 4.31 Å². The lowest BCUT2D eigenvalue weighted by Crippen LogP contribution is -2.36. The van der Waals surface area contributed by atoms with Gasteiger partial charge in [0, 0.05) is 0 Å². The number of sulfonamides is 1. The second-order valence-corrected chi connectivity index (χ2v) is 7.59. The molecule has 1 heterocycles. The summed E-state index contributed by atoms with van der Waals surface area (Å²) >= 11 is 6.26. The third kappa shape index (κ3) is 2.32. The van der Waals surface area contributed by atoms with Crippen LogP contribution in [0, 0.1) is 6.92 Å². The molecule has 5 heteroatoms. The predicted molar refractivity (Wildman–Crippen MR) is 90.0 cm³/mol. The molecule has 0 bridgehead atoms. The van der Waals surface area contributed by atoms with Crippen LogP contribution in [-0.2, 0) is 16.4 Å². The first kappa shape index (κ1) is 15.1. The Morgan fingerprint density at radius 2 is 1.91 bits per heavy atom. The minimum absolute atomic E-state index is 0.262. The number of benzene rings is 2. The van der Waals surface area contributed by atoms with E-state index in [1.165, 1.54) is 4.31 Å². The molecule has 22 heavy (non-hydrogen) atoms. The monoisotopic (exact) mass is 333 g/mol. The average molecular weight is 334 g/mol. The average Bonchev–Trinajstić information content (AvgIpc) is 2.88. The van der Waals surface area contributed by atoms with Crippen molar-refractivity contribution in [2.75, 3.05) is 4.31 Å². The van der Waals surface area contributed by atoms with Gasteiger partial charge in [-0.2, -0.15) is 0 Å². The van der Waals surface area contributed by atoms with Gasteiger partial charge in [0.2, 0.25) is 0 Å². The maximum absolute atomic E-state index is 13.0. The van der Waals surface area contributed by atoms with Crippen molar-refractivity contribution in [3.63, 3.8) is 0 Å². The topological polar surface area (TPSA) is 37.4 Å². The Hall–Kier alpha value is -1.78. The fourth-order valence-corrected chi connectivity index (χ4v) is 4.76. The molecule has 0 N–H and O–H groups in total. The van der Waals surface area contributed by atoms with Crippen LogP contribution in [0.3, 0.4) is 0 Å². The Bertz CT molecular complexity index is 828. The first-order valence-corrected chi connectivity index (χ1v) is 8.78. The normalized spacial score (nSPS) is 17.4. The smallest absolute Gasteiger partial charge is 0.257 e. The molecule has 0 radical (unpaired) electrons. The van der Waals surface area contributed by atoms with Crippen molar-refractivity contribution in [1.82, 2.24) is 0 Å². The lowest BCUT2D eigenvalue weighted by atomic mass is 10.1. The third-order valence-electron chi connectivity index (χ3n) is 3.87. The van der Waals surface area contributed by atoms with Gasteiger partial charge in [-0.05, 0) is 37.1 Å². The molecule has 0 fully saturated rings. The minimum Gasteiger partial charge on any atom is -0.257 e. The van der Waals surface area contributed by atoms with Crippen LogP contribution in [0.2, 0.25) is 5.02 Å². The fourth-order valence-electron chi connectivity index (χ4n) is 2.75. The van der Waals surface area contributed by atoms with Crippen molar-refractivity contribution < 1.29 is 8.42 Å². The minimum atomic E-state index is -3.67. The first-order valence-electron chi connectivity index (χ1n) is 6.96. The molecule has 0 aromatic heterocycles. The third-order valence-corrected chi connectivity index (χ3v) is 6.02. The number of nitrogens with zero attached hydrogens (tertiary/aromatic N) is 1. The molecule has 114 valence electrons. The molecular formula is C17H16ClNO2S. The van der Waals surface area contributed by atoms with Crippen LogP contribution in [0.25, 0.3) is 0 Å². The zero-order valence-electron chi connectivity index (χ0n) is 12.2. The lowest BCUT2D eigenvalue weighted by Gasteiger charge is -2.25. The number of halogens is 1. The van der Waals surface area contributed by atoms with E-state index in [2.05, 4.69) is 6.58 Å². The number of rotatable bonds is 3. The van der Waals surface area contributed by atoms with E-state index in [9.17, 15) is 8.42 Å². The summed E-state index contributed by atoms with van der Waals surface area (Å²) in [6.45, 7) is 5.70. The summed E-state index contributed by atoms with van der Waals surface area (Å²) in [5, 5.41) is 0.442. The van der Waals surface area contributed by atoms with Crippen molar-refractivity contribution in [3.05, 3.63) is 71.3 Å². The maximum atomic E-state index is 13.0. The van der Waals surface area contributed by atoms with Gasteiger partial charge >= 0.3 is 0 Å². The van der Waals surface area contributed by atoms with E-state index in [0.29, 0.717) is 17.1 Å². The highest BCUT2D eigenvalue weighted by molar-refractivity contribution is 7.93. The van der Waals surface area contributed by atoms with Crippen LogP contribution < -0.4 is 4.31 Å². The van der Waals surface area contributed by atoms with Crippen molar-refractivity contribution in [2.24, 2.45) is 0 Å². The fraction of sp³-hybridized carbons (Fsp3) is 0.176. The number of anilines is 1. The summed E-state index contributed by atoms with van der Waals surface area (Å²) in [7, 11) is -3.67. The van der Waals surface area contributed by atoms with Gasteiger partial charge in [-0.15, -0.1) is 6.58 Å². The molecule has 0 spiro atoms. The number of aryl methyl sites for hydroxylation is 1. The molecule has 0 saturated heterocycles. The van der Waals surface area contributed by atoms with Gasteiger partial charge in [-0.1, -0.05) is 47.5 Å². The van der Waals surface area contributed by atoms with Crippen LogP contribution in [0.1, 0.15) is 11.1 Å². The summed E-state index contributed by atoms with van der Waals surface area (Å²) in [6.07, 6.45) is 2.24. The highest BCUT2D eigenvalue weighted by Gasteiger charge is 2.38. The van der Waals surface area contributed by atoms with Crippen molar-refractivity contribution in [3.8, 4) is 0 Å². The van der Waals surface area contributed by atoms with E-state index in [1.54, 1.807) is 36.4 Å². The van der Waals surface area contributed by atoms with E-state index in [4.69, 9.17) is 11.6 Å². The molecule has 1 aliphatic rings. The highest BCUT2D eigenvalue weighted by Crippen LogP contribution is 2.41. The second kappa shape index (κ2) is 5.45. The number of hydrogen-bond acceptors (Lipinski definition) is 2. The Kier molecular flexibility index (Phi) is 3.75.